The summed E-state index contributed by atoms with van der Waals surface area (Å²) in [6, 6.07) is 7.70. The Labute approximate surface area is 108 Å². The number of ether oxygens (including phenoxy) is 2. The lowest BCUT2D eigenvalue weighted by Gasteiger charge is -2.25. The van der Waals surface area contributed by atoms with Gasteiger partial charge < -0.3 is 9.47 Å². The molecule has 1 radical (unpaired) electrons. The van der Waals surface area contributed by atoms with Crippen LogP contribution in [0, 0.1) is 6.92 Å². The van der Waals surface area contributed by atoms with Crippen LogP contribution in [0.15, 0.2) is 24.3 Å². The number of rotatable bonds is 3. The minimum Gasteiger partial charge on any atom is -0.344 e. The molecule has 93 valence electrons. The second kappa shape index (κ2) is 4.97. The minimum absolute atomic E-state index is 0.177. The fraction of sp³-hybridized carbons (Fsp3) is 0.500. The summed E-state index contributed by atoms with van der Waals surface area (Å²) in [5.41, 5.74) is 0.956. The molecule has 0 spiro atoms. The molecule has 17 heavy (non-hydrogen) atoms. The molecule has 2 unspecified atom stereocenters. The van der Waals surface area contributed by atoms with Gasteiger partial charge in [0.15, 0.2) is 5.79 Å². The summed E-state index contributed by atoms with van der Waals surface area (Å²) in [6.45, 7) is 8.14. The van der Waals surface area contributed by atoms with Gasteiger partial charge in [-0.15, -0.1) is 0 Å². The first-order chi connectivity index (χ1) is 8.12. The molecule has 0 amide bonds. The zero-order chi connectivity index (χ0) is 12.5. The van der Waals surface area contributed by atoms with E-state index >= 15 is 0 Å². The van der Waals surface area contributed by atoms with Crippen LogP contribution in [-0.4, -0.2) is 11.9 Å². The summed E-state index contributed by atoms with van der Waals surface area (Å²) in [4.78, 5) is 0. The topological polar surface area (TPSA) is 18.5 Å². The van der Waals surface area contributed by atoms with Gasteiger partial charge in [-0.25, -0.2) is 0 Å². The molecular weight excluding hydrogens is 236 g/mol. The van der Waals surface area contributed by atoms with E-state index in [0.717, 1.165) is 18.4 Å². The Morgan fingerprint density at radius 1 is 1.24 bits per heavy atom. The van der Waals surface area contributed by atoms with Gasteiger partial charge in [-0.3, -0.25) is 0 Å². The van der Waals surface area contributed by atoms with Gasteiger partial charge in [0, 0.05) is 10.6 Å². The first-order valence-corrected chi connectivity index (χ1v) is 6.43. The molecule has 1 aliphatic heterocycles. The SMILES string of the molecule is [CH2]C1OC(CC)(CC)OC1c1ccccc1Cl. The number of benzene rings is 1. The van der Waals surface area contributed by atoms with Crippen molar-refractivity contribution < 1.29 is 9.47 Å². The quantitative estimate of drug-likeness (QED) is 0.806. The van der Waals surface area contributed by atoms with Crippen LogP contribution in [0.3, 0.4) is 0 Å². The highest BCUT2D eigenvalue weighted by molar-refractivity contribution is 6.31. The Hall–Kier alpha value is -0.570. The maximum Gasteiger partial charge on any atom is 0.169 e. The van der Waals surface area contributed by atoms with Crippen molar-refractivity contribution in [1.29, 1.82) is 0 Å². The Balaban J connectivity index is 2.27. The summed E-state index contributed by atoms with van der Waals surface area (Å²) in [5.74, 6) is -0.504. The van der Waals surface area contributed by atoms with Crippen molar-refractivity contribution in [2.24, 2.45) is 0 Å². The summed E-state index contributed by atoms with van der Waals surface area (Å²) in [7, 11) is 0. The highest BCUT2D eigenvalue weighted by Gasteiger charge is 2.44. The number of halogens is 1. The zero-order valence-electron chi connectivity index (χ0n) is 10.3. The van der Waals surface area contributed by atoms with Gasteiger partial charge in [0.2, 0.25) is 0 Å². The van der Waals surface area contributed by atoms with Crippen LogP contribution in [0.25, 0.3) is 0 Å². The van der Waals surface area contributed by atoms with Crippen molar-refractivity contribution in [2.45, 2.75) is 44.7 Å². The monoisotopic (exact) mass is 253 g/mol. The van der Waals surface area contributed by atoms with E-state index in [0.29, 0.717) is 5.02 Å². The molecule has 2 atom stereocenters. The Bertz CT molecular complexity index is 388. The van der Waals surface area contributed by atoms with Gasteiger partial charge in [-0.2, -0.15) is 0 Å². The molecule has 0 bridgehead atoms. The molecule has 1 aromatic rings. The van der Waals surface area contributed by atoms with Crippen molar-refractivity contribution in [3.63, 3.8) is 0 Å². The standard InChI is InChI=1S/C14H18ClO2/c1-4-14(5-2)16-10(3)13(17-14)11-8-6-7-9-12(11)15/h6-10,13H,3-5H2,1-2H3. The molecule has 1 fully saturated rings. The van der Waals surface area contributed by atoms with Crippen LogP contribution in [-0.2, 0) is 9.47 Å². The normalized spacial score (nSPS) is 27.3. The Morgan fingerprint density at radius 3 is 2.41 bits per heavy atom. The number of hydrogen-bond donors (Lipinski definition) is 0. The molecule has 0 aliphatic carbocycles. The van der Waals surface area contributed by atoms with Gasteiger partial charge in [-0.05, 0) is 25.8 Å². The van der Waals surface area contributed by atoms with Crippen molar-refractivity contribution in [3.05, 3.63) is 41.8 Å². The summed E-state index contributed by atoms with van der Waals surface area (Å²) >= 11 is 6.19. The van der Waals surface area contributed by atoms with Crippen LogP contribution >= 0.6 is 11.6 Å². The predicted molar refractivity (Wildman–Crippen MR) is 68.8 cm³/mol. The molecule has 2 nitrogen and oxygen atoms in total. The molecule has 0 saturated carbocycles. The van der Waals surface area contributed by atoms with E-state index in [-0.39, 0.29) is 12.2 Å². The second-order valence-corrected chi connectivity index (χ2v) is 4.74. The van der Waals surface area contributed by atoms with E-state index in [2.05, 4.69) is 20.8 Å². The largest absolute Gasteiger partial charge is 0.344 e. The Kier molecular flexibility index (Phi) is 3.76. The van der Waals surface area contributed by atoms with Crippen molar-refractivity contribution in [2.75, 3.05) is 0 Å². The maximum absolute atomic E-state index is 6.19. The van der Waals surface area contributed by atoms with Crippen LogP contribution in [0.2, 0.25) is 5.02 Å². The lowest BCUT2D eigenvalue weighted by Crippen LogP contribution is -2.28. The smallest absolute Gasteiger partial charge is 0.169 e. The van der Waals surface area contributed by atoms with E-state index in [9.17, 15) is 0 Å². The van der Waals surface area contributed by atoms with E-state index in [4.69, 9.17) is 21.1 Å². The van der Waals surface area contributed by atoms with Crippen LogP contribution in [0.1, 0.15) is 38.4 Å². The molecule has 1 aliphatic rings. The minimum atomic E-state index is -0.504. The number of hydrogen-bond acceptors (Lipinski definition) is 2. The van der Waals surface area contributed by atoms with Gasteiger partial charge in [0.25, 0.3) is 0 Å². The molecule has 1 heterocycles. The van der Waals surface area contributed by atoms with Crippen LogP contribution in [0.4, 0.5) is 0 Å². The molecule has 2 rings (SSSR count). The third-order valence-electron chi connectivity index (χ3n) is 3.33. The van der Waals surface area contributed by atoms with Crippen molar-refractivity contribution in [1.82, 2.24) is 0 Å². The van der Waals surface area contributed by atoms with E-state index < -0.39 is 5.79 Å². The van der Waals surface area contributed by atoms with Gasteiger partial charge in [0.1, 0.15) is 6.10 Å². The third kappa shape index (κ3) is 2.35. The van der Waals surface area contributed by atoms with Crippen LogP contribution < -0.4 is 0 Å². The lowest BCUT2D eigenvalue weighted by atomic mass is 10.1. The average Bonchev–Trinajstić information content (AvgIpc) is 2.68. The first-order valence-electron chi connectivity index (χ1n) is 6.05. The fourth-order valence-corrected chi connectivity index (χ4v) is 2.47. The van der Waals surface area contributed by atoms with E-state index in [1.165, 1.54) is 0 Å². The molecule has 1 saturated heterocycles. The van der Waals surface area contributed by atoms with Gasteiger partial charge in [-0.1, -0.05) is 43.6 Å². The van der Waals surface area contributed by atoms with E-state index in [1.807, 2.05) is 24.3 Å². The molecule has 3 heteroatoms. The highest BCUT2D eigenvalue weighted by atomic mass is 35.5. The molecule has 0 N–H and O–H groups in total. The molecular formula is C14H18ClO2. The highest BCUT2D eigenvalue weighted by Crippen LogP contribution is 2.43. The second-order valence-electron chi connectivity index (χ2n) is 4.33. The first kappa shape index (κ1) is 12.9. The lowest BCUT2D eigenvalue weighted by molar-refractivity contribution is -0.177. The van der Waals surface area contributed by atoms with Gasteiger partial charge >= 0.3 is 0 Å². The average molecular weight is 254 g/mol. The summed E-state index contributed by atoms with van der Waals surface area (Å²) in [5, 5.41) is 0.706. The molecule has 1 aromatic carbocycles. The summed E-state index contributed by atoms with van der Waals surface area (Å²) in [6.07, 6.45) is 1.24. The van der Waals surface area contributed by atoms with Crippen molar-refractivity contribution in [3.8, 4) is 0 Å². The van der Waals surface area contributed by atoms with Crippen LogP contribution in [0.5, 0.6) is 0 Å². The zero-order valence-corrected chi connectivity index (χ0v) is 11.0. The summed E-state index contributed by atoms with van der Waals surface area (Å²) < 4.78 is 11.9. The fourth-order valence-electron chi connectivity index (χ4n) is 2.23. The van der Waals surface area contributed by atoms with E-state index in [1.54, 1.807) is 0 Å². The van der Waals surface area contributed by atoms with Gasteiger partial charge in [0.05, 0.1) is 6.10 Å². The maximum atomic E-state index is 6.19. The van der Waals surface area contributed by atoms with Crippen molar-refractivity contribution >= 4 is 11.6 Å². The molecule has 0 aromatic heterocycles. The third-order valence-corrected chi connectivity index (χ3v) is 3.68. The predicted octanol–water partition coefficient (Wildman–Crippen LogP) is 4.15. The Morgan fingerprint density at radius 2 is 1.88 bits per heavy atom.